The lowest BCUT2D eigenvalue weighted by Gasteiger charge is -2.05. The second-order valence-corrected chi connectivity index (χ2v) is 3.75. The summed E-state index contributed by atoms with van der Waals surface area (Å²) in [4.78, 5) is 8.54. The Bertz CT molecular complexity index is 465. The maximum Gasteiger partial charge on any atom is 0.159 e. The van der Waals surface area contributed by atoms with Crippen LogP contribution in [0.4, 0.5) is 0 Å². The van der Waals surface area contributed by atoms with E-state index in [2.05, 4.69) is 22.2 Å². The molecule has 2 aromatic rings. The molecule has 4 nitrogen and oxygen atoms in total. The van der Waals surface area contributed by atoms with Gasteiger partial charge in [-0.2, -0.15) is 0 Å². The first kappa shape index (κ1) is 11.5. The van der Waals surface area contributed by atoms with Crippen molar-refractivity contribution in [1.82, 2.24) is 15.3 Å². The van der Waals surface area contributed by atoms with E-state index < -0.39 is 0 Å². The maximum absolute atomic E-state index is 5.33. The van der Waals surface area contributed by atoms with E-state index in [-0.39, 0.29) is 0 Å². The molecule has 0 saturated heterocycles. The molecule has 0 unspecified atom stereocenters. The molecule has 88 valence electrons. The van der Waals surface area contributed by atoms with Gasteiger partial charge in [0.25, 0.3) is 0 Å². The Hall–Kier alpha value is -1.94. The molecule has 0 radical (unpaired) electrons. The molecule has 1 aromatic heterocycles. The highest BCUT2D eigenvalue weighted by Crippen LogP contribution is 2.16. The van der Waals surface area contributed by atoms with Crippen LogP contribution in [0, 0.1) is 6.92 Å². The van der Waals surface area contributed by atoms with E-state index in [1.54, 1.807) is 12.4 Å². The molecule has 0 amide bonds. The Morgan fingerprint density at radius 3 is 2.35 bits per heavy atom. The van der Waals surface area contributed by atoms with Crippen LogP contribution in [0.25, 0.3) is 11.4 Å². The van der Waals surface area contributed by atoms with Crippen molar-refractivity contribution in [3.05, 3.63) is 42.2 Å². The summed E-state index contributed by atoms with van der Waals surface area (Å²) in [5, 5.41) is 2.89. The van der Waals surface area contributed by atoms with E-state index in [0.29, 0.717) is 18.3 Å². The zero-order chi connectivity index (χ0) is 12.1. The highest BCUT2D eigenvalue weighted by molar-refractivity contribution is 5.55. The van der Waals surface area contributed by atoms with Gasteiger partial charge in [-0.25, -0.2) is 9.97 Å². The molecule has 0 atom stereocenters. The molecule has 0 saturated carbocycles. The number of benzene rings is 1. The number of nitrogens with one attached hydrogen (secondary N) is 1. The number of nitrogens with zero attached hydrogens (tertiary/aromatic N) is 2. The molecule has 0 aliphatic carbocycles. The largest absolute Gasteiger partial charge is 0.475 e. The van der Waals surface area contributed by atoms with Crippen LogP contribution in [0.5, 0.6) is 5.75 Å². The standard InChI is InChI=1S/C13H15N3O/c1-10-3-5-11(6-4-10)13-15-7-12(8-16-13)17-9-14-2/h3-8,14H,9H2,1-2H3. The molecule has 2 rings (SSSR count). The number of rotatable bonds is 4. The van der Waals surface area contributed by atoms with E-state index in [9.17, 15) is 0 Å². The Morgan fingerprint density at radius 1 is 1.12 bits per heavy atom. The summed E-state index contributed by atoms with van der Waals surface area (Å²) in [6.07, 6.45) is 3.36. The number of hydrogen-bond acceptors (Lipinski definition) is 4. The normalized spacial score (nSPS) is 10.2. The summed E-state index contributed by atoms with van der Waals surface area (Å²) in [5.74, 6) is 1.37. The fourth-order valence-electron chi connectivity index (χ4n) is 1.40. The lowest BCUT2D eigenvalue weighted by molar-refractivity contribution is 0.294. The fraction of sp³-hybridized carbons (Fsp3) is 0.231. The molecule has 0 bridgehead atoms. The Kier molecular flexibility index (Phi) is 3.67. The van der Waals surface area contributed by atoms with E-state index in [1.807, 2.05) is 31.3 Å². The van der Waals surface area contributed by atoms with Crippen molar-refractivity contribution in [2.75, 3.05) is 13.8 Å². The quantitative estimate of drug-likeness (QED) is 0.815. The van der Waals surface area contributed by atoms with Crippen molar-refractivity contribution >= 4 is 0 Å². The summed E-state index contributed by atoms with van der Waals surface area (Å²) in [5.41, 5.74) is 2.23. The van der Waals surface area contributed by atoms with Crippen molar-refractivity contribution in [1.29, 1.82) is 0 Å². The summed E-state index contributed by atoms with van der Waals surface area (Å²) in [6.45, 7) is 2.51. The Morgan fingerprint density at radius 2 is 1.76 bits per heavy atom. The SMILES string of the molecule is CNCOc1cnc(-c2ccc(C)cc2)nc1. The predicted octanol–water partition coefficient (Wildman–Crippen LogP) is 2.01. The first-order chi connectivity index (χ1) is 8.29. The van der Waals surface area contributed by atoms with Gasteiger partial charge in [-0.1, -0.05) is 29.8 Å². The smallest absolute Gasteiger partial charge is 0.159 e. The molecule has 1 aromatic carbocycles. The second-order valence-electron chi connectivity index (χ2n) is 3.75. The van der Waals surface area contributed by atoms with Gasteiger partial charge in [-0.05, 0) is 14.0 Å². The molecule has 17 heavy (non-hydrogen) atoms. The van der Waals surface area contributed by atoms with Gasteiger partial charge in [0, 0.05) is 5.56 Å². The minimum atomic E-state index is 0.452. The third kappa shape index (κ3) is 3.01. The Balaban J connectivity index is 2.14. The minimum Gasteiger partial charge on any atom is -0.475 e. The zero-order valence-corrected chi connectivity index (χ0v) is 9.97. The van der Waals surface area contributed by atoms with E-state index in [1.165, 1.54) is 5.56 Å². The highest BCUT2D eigenvalue weighted by Gasteiger charge is 2.01. The average Bonchev–Trinajstić information content (AvgIpc) is 2.38. The van der Waals surface area contributed by atoms with Crippen molar-refractivity contribution in [2.45, 2.75) is 6.92 Å². The van der Waals surface area contributed by atoms with Gasteiger partial charge in [-0.3, -0.25) is 5.32 Å². The molecule has 0 fully saturated rings. The third-order valence-electron chi connectivity index (χ3n) is 2.32. The van der Waals surface area contributed by atoms with E-state index in [4.69, 9.17) is 4.74 Å². The van der Waals surface area contributed by atoms with Gasteiger partial charge >= 0.3 is 0 Å². The monoisotopic (exact) mass is 229 g/mol. The van der Waals surface area contributed by atoms with Gasteiger partial charge in [0.2, 0.25) is 0 Å². The first-order valence-electron chi connectivity index (χ1n) is 5.46. The molecular formula is C13H15N3O. The Labute approximate surface area is 101 Å². The van der Waals surface area contributed by atoms with Gasteiger partial charge in [0.05, 0.1) is 12.4 Å². The number of aryl methyl sites for hydroxylation is 1. The topological polar surface area (TPSA) is 47.0 Å². The third-order valence-corrected chi connectivity index (χ3v) is 2.32. The second kappa shape index (κ2) is 5.41. The van der Waals surface area contributed by atoms with Crippen molar-refractivity contribution < 1.29 is 4.74 Å². The summed E-state index contributed by atoms with van der Waals surface area (Å²) >= 11 is 0. The lowest BCUT2D eigenvalue weighted by Crippen LogP contribution is -2.14. The van der Waals surface area contributed by atoms with Gasteiger partial charge < -0.3 is 4.74 Å². The van der Waals surface area contributed by atoms with Crippen molar-refractivity contribution in [2.24, 2.45) is 0 Å². The van der Waals surface area contributed by atoms with Gasteiger partial charge in [-0.15, -0.1) is 0 Å². The van der Waals surface area contributed by atoms with Crippen LogP contribution < -0.4 is 10.1 Å². The molecular weight excluding hydrogens is 214 g/mol. The molecule has 0 spiro atoms. The van der Waals surface area contributed by atoms with Gasteiger partial charge in [0.15, 0.2) is 11.6 Å². The average molecular weight is 229 g/mol. The van der Waals surface area contributed by atoms with Gasteiger partial charge in [0.1, 0.15) is 6.73 Å². The van der Waals surface area contributed by atoms with Crippen molar-refractivity contribution in [3.8, 4) is 17.1 Å². The minimum absolute atomic E-state index is 0.452. The molecule has 0 aliphatic heterocycles. The number of hydrogen-bond donors (Lipinski definition) is 1. The fourth-order valence-corrected chi connectivity index (χ4v) is 1.40. The number of aromatic nitrogens is 2. The van der Waals surface area contributed by atoms with E-state index >= 15 is 0 Å². The molecule has 1 heterocycles. The highest BCUT2D eigenvalue weighted by atomic mass is 16.5. The van der Waals surface area contributed by atoms with Crippen LogP contribution in [-0.2, 0) is 0 Å². The molecule has 4 heteroatoms. The maximum atomic E-state index is 5.33. The van der Waals surface area contributed by atoms with Crippen LogP contribution in [0.2, 0.25) is 0 Å². The van der Waals surface area contributed by atoms with Crippen LogP contribution >= 0.6 is 0 Å². The van der Waals surface area contributed by atoms with Crippen LogP contribution in [0.15, 0.2) is 36.7 Å². The van der Waals surface area contributed by atoms with Crippen LogP contribution in [0.1, 0.15) is 5.56 Å². The molecule has 1 N–H and O–H groups in total. The summed E-state index contributed by atoms with van der Waals surface area (Å²) in [6, 6.07) is 8.12. The first-order valence-corrected chi connectivity index (χ1v) is 5.46. The van der Waals surface area contributed by atoms with Crippen LogP contribution in [0.3, 0.4) is 0 Å². The van der Waals surface area contributed by atoms with E-state index in [0.717, 1.165) is 5.56 Å². The lowest BCUT2D eigenvalue weighted by atomic mass is 10.1. The number of ether oxygens (including phenoxy) is 1. The summed E-state index contributed by atoms with van der Waals surface area (Å²) in [7, 11) is 1.82. The van der Waals surface area contributed by atoms with Crippen molar-refractivity contribution in [3.63, 3.8) is 0 Å². The summed E-state index contributed by atoms with van der Waals surface area (Å²) < 4.78 is 5.33. The zero-order valence-electron chi connectivity index (χ0n) is 9.97. The van der Waals surface area contributed by atoms with Crippen LogP contribution in [-0.4, -0.2) is 23.7 Å². The molecule has 0 aliphatic rings. The predicted molar refractivity (Wildman–Crippen MR) is 66.8 cm³/mol.